The maximum absolute atomic E-state index is 11.9. The van der Waals surface area contributed by atoms with Crippen molar-refractivity contribution in [3.05, 3.63) is 45.5 Å². The number of sulfonamides is 1. The molecule has 0 aromatic carbocycles. The molecule has 0 aliphatic rings. The fraction of sp³-hybridized carbons (Fsp3) is 0.167. The van der Waals surface area contributed by atoms with Crippen molar-refractivity contribution in [3.8, 4) is 0 Å². The third-order valence-corrected chi connectivity index (χ3v) is 5.77. The SMILES string of the molecule is NS(=O)(=O)c1ccc(CCNC(=O)c2ncccc2Br)s1. The van der Waals surface area contributed by atoms with Crippen molar-refractivity contribution < 1.29 is 13.2 Å². The van der Waals surface area contributed by atoms with Crippen LogP contribution >= 0.6 is 27.3 Å². The van der Waals surface area contributed by atoms with Crippen LogP contribution in [0.4, 0.5) is 0 Å². The average Bonchev–Trinajstić information content (AvgIpc) is 2.88. The molecule has 0 radical (unpaired) electrons. The molecule has 112 valence electrons. The lowest BCUT2D eigenvalue weighted by Crippen LogP contribution is -2.26. The highest BCUT2D eigenvalue weighted by molar-refractivity contribution is 9.10. The van der Waals surface area contributed by atoms with Gasteiger partial charge in [-0.25, -0.2) is 18.5 Å². The second kappa shape index (κ2) is 6.65. The Kier molecular flexibility index (Phi) is 5.09. The Morgan fingerprint density at radius 2 is 2.14 bits per heavy atom. The second-order valence-corrected chi connectivity index (χ2v) is 7.92. The summed E-state index contributed by atoms with van der Waals surface area (Å²) in [5.74, 6) is -0.286. The van der Waals surface area contributed by atoms with E-state index in [2.05, 4.69) is 26.2 Å². The number of nitrogens with one attached hydrogen (secondary N) is 1. The summed E-state index contributed by atoms with van der Waals surface area (Å²) >= 11 is 4.36. The maximum atomic E-state index is 11.9. The lowest BCUT2D eigenvalue weighted by Gasteiger charge is -2.04. The highest BCUT2D eigenvalue weighted by Gasteiger charge is 2.12. The van der Waals surface area contributed by atoms with Crippen molar-refractivity contribution in [2.75, 3.05) is 6.54 Å². The Labute approximate surface area is 134 Å². The number of rotatable bonds is 5. The van der Waals surface area contributed by atoms with E-state index in [0.717, 1.165) is 16.2 Å². The highest BCUT2D eigenvalue weighted by Crippen LogP contribution is 2.20. The number of nitrogens with two attached hydrogens (primary N) is 1. The van der Waals surface area contributed by atoms with E-state index in [1.165, 1.54) is 12.3 Å². The van der Waals surface area contributed by atoms with Gasteiger partial charge < -0.3 is 5.32 Å². The number of hydrogen-bond donors (Lipinski definition) is 2. The minimum absolute atomic E-state index is 0.122. The van der Waals surface area contributed by atoms with E-state index in [0.29, 0.717) is 23.1 Å². The second-order valence-electron chi connectivity index (χ2n) is 4.11. The molecule has 3 N–H and O–H groups in total. The fourth-order valence-corrected chi connectivity index (χ4v) is 3.79. The first kappa shape index (κ1) is 16.1. The molecule has 0 fully saturated rings. The van der Waals surface area contributed by atoms with Gasteiger partial charge in [-0.15, -0.1) is 11.3 Å². The molecule has 0 spiro atoms. The molecule has 21 heavy (non-hydrogen) atoms. The summed E-state index contributed by atoms with van der Waals surface area (Å²) in [5.41, 5.74) is 0.314. The van der Waals surface area contributed by atoms with Crippen LogP contribution < -0.4 is 10.5 Å². The summed E-state index contributed by atoms with van der Waals surface area (Å²) in [6.45, 7) is 0.381. The number of thiophene rings is 1. The van der Waals surface area contributed by atoms with E-state index in [1.54, 1.807) is 18.2 Å². The van der Waals surface area contributed by atoms with Gasteiger partial charge in [0, 0.05) is 22.1 Å². The minimum atomic E-state index is -3.66. The van der Waals surface area contributed by atoms with Gasteiger partial charge in [0.15, 0.2) is 0 Å². The van der Waals surface area contributed by atoms with E-state index in [4.69, 9.17) is 5.14 Å². The summed E-state index contributed by atoms with van der Waals surface area (Å²) in [6.07, 6.45) is 2.06. The Bertz CT molecular complexity index is 759. The predicted octanol–water partition coefficient (Wildman–Crippen LogP) is 1.53. The fourth-order valence-electron chi connectivity index (χ4n) is 1.58. The van der Waals surface area contributed by atoms with E-state index in [-0.39, 0.29) is 10.1 Å². The number of aromatic nitrogens is 1. The zero-order valence-corrected chi connectivity index (χ0v) is 14.0. The number of carbonyl (C=O) groups excluding carboxylic acids is 1. The molecular formula is C12H12BrN3O3S2. The predicted molar refractivity (Wildman–Crippen MR) is 83.7 cm³/mol. The topological polar surface area (TPSA) is 102 Å². The minimum Gasteiger partial charge on any atom is -0.350 e. The molecule has 9 heteroatoms. The molecule has 1 amide bonds. The molecule has 2 rings (SSSR count). The third kappa shape index (κ3) is 4.34. The van der Waals surface area contributed by atoms with E-state index >= 15 is 0 Å². The number of carbonyl (C=O) groups is 1. The summed E-state index contributed by atoms with van der Waals surface area (Å²) in [6, 6.07) is 6.61. The number of nitrogens with zero attached hydrogens (tertiary/aromatic N) is 1. The Balaban J connectivity index is 1.92. The molecule has 6 nitrogen and oxygen atoms in total. The van der Waals surface area contributed by atoms with Gasteiger partial charge in [0.25, 0.3) is 5.91 Å². The first-order valence-corrected chi connectivity index (χ1v) is 9.04. The Hall–Kier alpha value is -1.29. The lowest BCUT2D eigenvalue weighted by atomic mass is 10.3. The average molecular weight is 390 g/mol. The molecule has 2 aromatic rings. The van der Waals surface area contributed by atoms with Crippen LogP contribution in [-0.2, 0) is 16.4 Å². The van der Waals surface area contributed by atoms with Crippen LogP contribution in [0.2, 0.25) is 0 Å². The first-order valence-electron chi connectivity index (χ1n) is 5.88. The molecule has 0 saturated heterocycles. The van der Waals surface area contributed by atoms with E-state index in [1.807, 2.05) is 0 Å². The van der Waals surface area contributed by atoms with E-state index in [9.17, 15) is 13.2 Å². The smallest absolute Gasteiger partial charge is 0.271 e. The largest absolute Gasteiger partial charge is 0.350 e. The van der Waals surface area contributed by atoms with Gasteiger partial charge in [-0.3, -0.25) is 4.79 Å². The molecular weight excluding hydrogens is 378 g/mol. The van der Waals surface area contributed by atoms with Crippen molar-refractivity contribution in [3.63, 3.8) is 0 Å². The zero-order chi connectivity index (χ0) is 15.5. The molecule has 0 aliphatic heterocycles. The van der Waals surface area contributed by atoms with Crippen molar-refractivity contribution in [2.24, 2.45) is 5.14 Å². The normalized spacial score (nSPS) is 11.3. The number of amides is 1. The van der Waals surface area contributed by atoms with Crippen molar-refractivity contribution in [2.45, 2.75) is 10.6 Å². The van der Waals surface area contributed by atoms with Gasteiger partial charge in [0.05, 0.1) is 0 Å². The molecule has 0 unspecified atom stereocenters. The van der Waals surface area contributed by atoms with Gasteiger partial charge in [-0.05, 0) is 46.6 Å². The first-order chi connectivity index (χ1) is 9.88. The number of pyridine rings is 1. The van der Waals surface area contributed by atoms with E-state index < -0.39 is 10.0 Å². The monoisotopic (exact) mass is 389 g/mol. The summed E-state index contributed by atoms with van der Waals surface area (Å²) in [4.78, 5) is 16.7. The van der Waals surface area contributed by atoms with Gasteiger partial charge in [-0.1, -0.05) is 0 Å². The van der Waals surface area contributed by atoms with Crippen LogP contribution in [0, 0.1) is 0 Å². The van der Waals surface area contributed by atoms with Crippen LogP contribution in [-0.4, -0.2) is 25.9 Å². The van der Waals surface area contributed by atoms with Crippen LogP contribution in [0.25, 0.3) is 0 Å². The highest BCUT2D eigenvalue weighted by atomic mass is 79.9. The summed E-state index contributed by atoms with van der Waals surface area (Å²) in [7, 11) is -3.66. The quantitative estimate of drug-likeness (QED) is 0.808. The molecule has 0 saturated carbocycles. The van der Waals surface area contributed by atoms with Crippen LogP contribution in [0.1, 0.15) is 15.4 Å². The van der Waals surface area contributed by atoms with Gasteiger partial charge in [-0.2, -0.15) is 0 Å². The van der Waals surface area contributed by atoms with Crippen molar-refractivity contribution in [1.29, 1.82) is 0 Å². The van der Waals surface area contributed by atoms with Crippen LogP contribution in [0.3, 0.4) is 0 Å². The van der Waals surface area contributed by atoms with Crippen molar-refractivity contribution in [1.82, 2.24) is 10.3 Å². The molecule has 2 heterocycles. The lowest BCUT2D eigenvalue weighted by molar-refractivity contribution is 0.0948. The summed E-state index contributed by atoms with van der Waals surface area (Å²) in [5, 5.41) is 7.77. The summed E-state index contributed by atoms with van der Waals surface area (Å²) < 4.78 is 23.1. The third-order valence-electron chi connectivity index (χ3n) is 2.55. The zero-order valence-electron chi connectivity index (χ0n) is 10.7. The molecule has 0 aliphatic carbocycles. The Morgan fingerprint density at radius 3 is 2.76 bits per heavy atom. The standard InChI is InChI=1S/C12H12BrN3O3S2/c13-9-2-1-6-15-11(9)12(17)16-7-5-8-3-4-10(20-8)21(14,18)19/h1-4,6H,5,7H2,(H,16,17)(H2,14,18,19). The number of halogens is 1. The number of primary sulfonamides is 1. The van der Waals surface area contributed by atoms with Gasteiger partial charge in [0.2, 0.25) is 10.0 Å². The van der Waals surface area contributed by atoms with Crippen molar-refractivity contribution >= 4 is 43.2 Å². The molecule has 2 aromatic heterocycles. The van der Waals surface area contributed by atoms with Crippen LogP contribution in [0.15, 0.2) is 39.1 Å². The number of hydrogen-bond acceptors (Lipinski definition) is 5. The Morgan fingerprint density at radius 1 is 1.38 bits per heavy atom. The van der Waals surface area contributed by atoms with Gasteiger partial charge in [0.1, 0.15) is 9.90 Å². The molecule has 0 bridgehead atoms. The van der Waals surface area contributed by atoms with Crippen LogP contribution in [0.5, 0.6) is 0 Å². The molecule has 0 atom stereocenters. The maximum Gasteiger partial charge on any atom is 0.271 e. The van der Waals surface area contributed by atoms with Gasteiger partial charge >= 0.3 is 0 Å².